The molecule has 0 radical (unpaired) electrons. The molecule has 0 fully saturated rings. The Morgan fingerprint density at radius 3 is 2.60 bits per heavy atom. The molecule has 0 aliphatic carbocycles. The predicted molar refractivity (Wildman–Crippen MR) is 93.0 cm³/mol. The van der Waals surface area contributed by atoms with Crippen molar-refractivity contribution in [2.45, 2.75) is 6.92 Å². The second kappa shape index (κ2) is 9.32. The van der Waals surface area contributed by atoms with E-state index in [2.05, 4.69) is 10.1 Å². The van der Waals surface area contributed by atoms with E-state index in [1.54, 1.807) is 24.3 Å². The zero-order chi connectivity index (χ0) is 18.1. The van der Waals surface area contributed by atoms with E-state index >= 15 is 0 Å². The van der Waals surface area contributed by atoms with Gasteiger partial charge in [0.25, 0.3) is 5.91 Å². The minimum Gasteiger partial charge on any atom is -0.492 e. The van der Waals surface area contributed by atoms with Gasteiger partial charge in [-0.25, -0.2) is 4.79 Å². The second-order valence-corrected chi connectivity index (χ2v) is 5.29. The van der Waals surface area contributed by atoms with E-state index in [0.29, 0.717) is 18.9 Å². The summed E-state index contributed by atoms with van der Waals surface area (Å²) in [5.41, 5.74) is 1.39. The molecule has 0 aromatic heterocycles. The number of aryl methyl sites for hydroxylation is 1. The van der Waals surface area contributed by atoms with Crippen molar-refractivity contribution in [3.63, 3.8) is 0 Å². The number of benzene rings is 2. The zero-order valence-corrected chi connectivity index (χ0v) is 14.3. The molecule has 2 rings (SSSR count). The summed E-state index contributed by atoms with van der Waals surface area (Å²) in [4.78, 5) is 23.5. The molecule has 6 heteroatoms. The van der Waals surface area contributed by atoms with Crippen molar-refractivity contribution in [1.29, 1.82) is 0 Å². The van der Waals surface area contributed by atoms with E-state index < -0.39 is 5.97 Å². The Morgan fingerprint density at radius 1 is 1.04 bits per heavy atom. The first-order chi connectivity index (χ1) is 12.1. The summed E-state index contributed by atoms with van der Waals surface area (Å²) in [5, 5.41) is 2.70. The summed E-state index contributed by atoms with van der Waals surface area (Å²) in [7, 11) is 1.29. The summed E-state index contributed by atoms with van der Waals surface area (Å²) in [6, 6.07) is 14.3. The standard InChI is InChI=1S/C19H21NO5/c1-14-6-5-7-15(12-14)24-11-10-20-18(21)13-25-17-9-4-3-8-16(17)19(22)23-2/h3-9,12H,10-11,13H2,1-2H3,(H,20,21). The number of hydrogen-bond donors (Lipinski definition) is 1. The molecule has 1 N–H and O–H groups in total. The average Bonchev–Trinajstić information content (AvgIpc) is 2.63. The quantitative estimate of drug-likeness (QED) is 0.588. The Hall–Kier alpha value is -3.02. The van der Waals surface area contributed by atoms with E-state index in [9.17, 15) is 9.59 Å². The molecule has 2 aromatic carbocycles. The lowest BCUT2D eigenvalue weighted by Crippen LogP contribution is -2.32. The lowest BCUT2D eigenvalue weighted by molar-refractivity contribution is -0.123. The number of hydrogen-bond acceptors (Lipinski definition) is 5. The normalized spacial score (nSPS) is 10.0. The molecule has 0 atom stereocenters. The molecule has 132 valence electrons. The summed E-state index contributed by atoms with van der Waals surface area (Å²) in [6.07, 6.45) is 0. The Labute approximate surface area is 146 Å². The maximum Gasteiger partial charge on any atom is 0.341 e. The largest absolute Gasteiger partial charge is 0.492 e. The van der Waals surface area contributed by atoms with E-state index in [1.165, 1.54) is 7.11 Å². The highest BCUT2D eigenvalue weighted by molar-refractivity contribution is 5.92. The highest BCUT2D eigenvalue weighted by atomic mass is 16.5. The smallest absolute Gasteiger partial charge is 0.341 e. The first kappa shape index (κ1) is 18.3. The van der Waals surface area contributed by atoms with Crippen LogP contribution in [0.2, 0.25) is 0 Å². The summed E-state index contributed by atoms with van der Waals surface area (Å²) in [6.45, 7) is 2.50. The van der Waals surface area contributed by atoms with E-state index in [-0.39, 0.29) is 18.1 Å². The van der Waals surface area contributed by atoms with Crippen LogP contribution in [0.3, 0.4) is 0 Å². The van der Waals surface area contributed by atoms with Crippen molar-refractivity contribution >= 4 is 11.9 Å². The van der Waals surface area contributed by atoms with Crippen LogP contribution in [0.5, 0.6) is 11.5 Å². The second-order valence-electron chi connectivity index (χ2n) is 5.29. The Morgan fingerprint density at radius 2 is 1.84 bits per heavy atom. The first-order valence-electron chi connectivity index (χ1n) is 7.86. The maximum atomic E-state index is 11.8. The number of carbonyl (C=O) groups is 2. The number of rotatable bonds is 8. The number of carbonyl (C=O) groups excluding carboxylic acids is 2. The molecule has 0 spiro atoms. The van der Waals surface area contributed by atoms with Gasteiger partial charge in [-0.15, -0.1) is 0 Å². The van der Waals surface area contributed by atoms with Gasteiger partial charge in [0.2, 0.25) is 0 Å². The highest BCUT2D eigenvalue weighted by Crippen LogP contribution is 2.18. The number of nitrogens with one attached hydrogen (secondary N) is 1. The van der Waals surface area contributed by atoms with E-state index in [4.69, 9.17) is 9.47 Å². The molecule has 25 heavy (non-hydrogen) atoms. The average molecular weight is 343 g/mol. The van der Waals surface area contributed by atoms with E-state index in [0.717, 1.165) is 11.3 Å². The molecule has 0 heterocycles. The Kier molecular flexibility index (Phi) is 6.83. The lowest BCUT2D eigenvalue weighted by atomic mass is 10.2. The van der Waals surface area contributed by atoms with Crippen LogP contribution >= 0.6 is 0 Å². The molecule has 0 saturated heterocycles. The van der Waals surface area contributed by atoms with Gasteiger partial charge in [-0.2, -0.15) is 0 Å². The number of para-hydroxylation sites is 1. The molecule has 1 amide bonds. The van der Waals surface area contributed by atoms with Crippen molar-refractivity contribution in [3.05, 3.63) is 59.7 Å². The fourth-order valence-electron chi connectivity index (χ4n) is 2.13. The number of amides is 1. The number of ether oxygens (including phenoxy) is 3. The van der Waals surface area contributed by atoms with Gasteiger partial charge in [0.1, 0.15) is 23.7 Å². The van der Waals surface area contributed by atoms with Gasteiger partial charge in [0, 0.05) is 0 Å². The van der Waals surface area contributed by atoms with Gasteiger partial charge in [-0.3, -0.25) is 4.79 Å². The molecule has 0 saturated carbocycles. The highest BCUT2D eigenvalue weighted by Gasteiger charge is 2.13. The molecule has 6 nitrogen and oxygen atoms in total. The third-order valence-electron chi connectivity index (χ3n) is 3.33. The van der Waals surface area contributed by atoms with Gasteiger partial charge in [-0.05, 0) is 36.8 Å². The van der Waals surface area contributed by atoms with Gasteiger partial charge in [0.15, 0.2) is 6.61 Å². The predicted octanol–water partition coefficient (Wildman–Crippen LogP) is 2.36. The summed E-state index contributed by atoms with van der Waals surface area (Å²) < 4.78 is 15.6. The topological polar surface area (TPSA) is 73.9 Å². The van der Waals surface area contributed by atoms with Gasteiger partial charge in [-0.1, -0.05) is 24.3 Å². The van der Waals surface area contributed by atoms with Crippen LogP contribution in [0.25, 0.3) is 0 Å². The SMILES string of the molecule is COC(=O)c1ccccc1OCC(=O)NCCOc1cccc(C)c1. The van der Waals surface area contributed by atoms with Crippen molar-refractivity contribution < 1.29 is 23.8 Å². The van der Waals surface area contributed by atoms with Crippen LogP contribution in [-0.4, -0.2) is 38.7 Å². The molecular weight excluding hydrogens is 322 g/mol. The maximum absolute atomic E-state index is 11.8. The number of esters is 1. The van der Waals surface area contributed by atoms with Crippen LogP contribution in [-0.2, 0) is 9.53 Å². The minimum absolute atomic E-state index is 0.196. The molecule has 2 aromatic rings. The first-order valence-corrected chi connectivity index (χ1v) is 7.86. The molecule has 0 aliphatic heterocycles. The Balaban J connectivity index is 1.73. The fraction of sp³-hybridized carbons (Fsp3) is 0.263. The van der Waals surface area contributed by atoms with Crippen molar-refractivity contribution in [2.24, 2.45) is 0 Å². The summed E-state index contributed by atoms with van der Waals surface area (Å²) >= 11 is 0. The minimum atomic E-state index is -0.512. The third-order valence-corrected chi connectivity index (χ3v) is 3.33. The molecule has 0 aliphatic rings. The van der Waals surface area contributed by atoms with Crippen LogP contribution in [0.4, 0.5) is 0 Å². The van der Waals surface area contributed by atoms with Crippen molar-refractivity contribution in [2.75, 3.05) is 26.9 Å². The van der Waals surface area contributed by atoms with Crippen LogP contribution in [0.15, 0.2) is 48.5 Å². The van der Waals surface area contributed by atoms with Crippen molar-refractivity contribution in [3.8, 4) is 11.5 Å². The third kappa shape index (κ3) is 5.84. The van der Waals surface area contributed by atoms with Crippen LogP contribution < -0.4 is 14.8 Å². The van der Waals surface area contributed by atoms with E-state index in [1.807, 2.05) is 31.2 Å². The monoisotopic (exact) mass is 343 g/mol. The van der Waals surface area contributed by atoms with Gasteiger partial charge in [0.05, 0.1) is 13.7 Å². The lowest BCUT2D eigenvalue weighted by Gasteiger charge is -2.11. The van der Waals surface area contributed by atoms with Gasteiger partial charge < -0.3 is 19.5 Å². The fourth-order valence-corrected chi connectivity index (χ4v) is 2.13. The molecular formula is C19H21NO5. The van der Waals surface area contributed by atoms with Crippen LogP contribution in [0, 0.1) is 6.92 Å². The molecule has 0 bridgehead atoms. The zero-order valence-electron chi connectivity index (χ0n) is 14.3. The van der Waals surface area contributed by atoms with Gasteiger partial charge >= 0.3 is 5.97 Å². The number of methoxy groups -OCH3 is 1. The Bertz CT molecular complexity index is 729. The van der Waals surface area contributed by atoms with Crippen molar-refractivity contribution in [1.82, 2.24) is 5.32 Å². The van der Waals surface area contributed by atoms with Crippen LogP contribution in [0.1, 0.15) is 15.9 Å². The summed E-state index contributed by atoms with van der Waals surface area (Å²) in [5.74, 6) is 0.257. The molecule has 0 unspecified atom stereocenters.